The van der Waals surface area contributed by atoms with Gasteiger partial charge in [0.05, 0.1) is 5.69 Å². The van der Waals surface area contributed by atoms with E-state index in [2.05, 4.69) is 15.0 Å². The van der Waals surface area contributed by atoms with Crippen molar-refractivity contribution in [2.45, 2.75) is 41.9 Å². The SMILES string of the molecule is CNc1ccncc1S(=O)(=O)NC1CCCCC1SC. The minimum absolute atomic E-state index is 0.00802. The molecule has 2 atom stereocenters. The molecule has 7 heteroatoms. The monoisotopic (exact) mass is 315 g/mol. The maximum atomic E-state index is 12.5. The normalized spacial score (nSPS) is 23.5. The van der Waals surface area contributed by atoms with E-state index in [0.717, 1.165) is 19.3 Å². The zero-order valence-electron chi connectivity index (χ0n) is 11.8. The lowest BCUT2D eigenvalue weighted by Crippen LogP contribution is -2.43. The molecule has 20 heavy (non-hydrogen) atoms. The summed E-state index contributed by atoms with van der Waals surface area (Å²) in [6.07, 6.45) is 9.25. The molecule has 2 unspecified atom stereocenters. The molecule has 0 spiro atoms. The molecule has 1 saturated carbocycles. The predicted molar refractivity (Wildman–Crippen MR) is 83.7 cm³/mol. The van der Waals surface area contributed by atoms with Gasteiger partial charge in [-0.3, -0.25) is 4.98 Å². The zero-order chi connectivity index (χ0) is 14.6. The van der Waals surface area contributed by atoms with E-state index in [1.54, 1.807) is 31.1 Å². The van der Waals surface area contributed by atoms with E-state index in [1.165, 1.54) is 12.6 Å². The van der Waals surface area contributed by atoms with Crippen LogP contribution in [0.2, 0.25) is 0 Å². The highest BCUT2D eigenvalue weighted by Gasteiger charge is 2.30. The van der Waals surface area contributed by atoms with Crippen LogP contribution in [0.1, 0.15) is 25.7 Å². The molecule has 112 valence electrons. The van der Waals surface area contributed by atoms with Crippen molar-refractivity contribution in [3.63, 3.8) is 0 Å². The van der Waals surface area contributed by atoms with Gasteiger partial charge in [-0.2, -0.15) is 11.8 Å². The highest BCUT2D eigenvalue weighted by molar-refractivity contribution is 7.99. The quantitative estimate of drug-likeness (QED) is 0.870. The second kappa shape index (κ2) is 6.78. The Morgan fingerprint density at radius 2 is 2.10 bits per heavy atom. The lowest BCUT2D eigenvalue weighted by Gasteiger charge is -2.30. The van der Waals surface area contributed by atoms with Crippen LogP contribution in [-0.4, -0.2) is 38.0 Å². The fourth-order valence-corrected chi connectivity index (χ4v) is 5.07. The highest BCUT2D eigenvalue weighted by atomic mass is 32.2. The first-order valence-corrected chi connectivity index (χ1v) is 9.52. The Bertz CT molecular complexity index is 548. The summed E-state index contributed by atoms with van der Waals surface area (Å²) in [5.74, 6) is 0. The fraction of sp³-hybridized carbons (Fsp3) is 0.615. The molecule has 0 radical (unpaired) electrons. The van der Waals surface area contributed by atoms with E-state index in [0.29, 0.717) is 10.9 Å². The molecule has 1 heterocycles. The average molecular weight is 315 g/mol. The van der Waals surface area contributed by atoms with Crippen LogP contribution in [0.5, 0.6) is 0 Å². The van der Waals surface area contributed by atoms with Crippen molar-refractivity contribution in [3.05, 3.63) is 18.5 Å². The van der Waals surface area contributed by atoms with Gasteiger partial charge in [0, 0.05) is 30.7 Å². The number of hydrogen-bond acceptors (Lipinski definition) is 5. The first-order valence-electron chi connectivity index (χ1n) is 6.75. The number of nitrogens with zero attached hydrogens (tertiary/aromatic N) is 1. The molecule has 1 fully saturated rings. The minimum Gasteiger partial charge on any atom is -0.387 e. The summed E-state index contributed by atoms with van der Waals surface area (Å²) >= 11 is 1.74. The summed E-state index contributed by atoms with van der Waals surface area (Å²) in [4.78, 5) is 4.14. The van der Waals surface area contributed by atoms with Crippen LogP contribution in [0, 0.1) is 0 Å². The van der Waals surface area contributed by atoms with E-state index >= 15 is 0 Å². The number of nitrogens with one attached hydrogen (secondary N) is 2. The van der Waals surface area contributed by atoms with Gasteiger partial charge < -0.3 is 5.32 Å². The van der Waals surface area contributed by atoms with Crippen molar-refractivity contribution in [1.82, 2.24) is 9.71 Å². The summed E-state index contributed by atoms with van der Waals surface area (Å²) < 4.78 is 27.9. The van der Waals surface area contributed by atoms with Crippen molar-refractivity contribution >= 4 is 27.5 Å². The number of sulfonamides is 1. The average Bonchev–Trinajstić information content (AvgIpc) is 2.47. The van der Waals surface area contributed by atoms with E-state index in [4.69, 9.17) is 0 Å². The Hall–Kier alpha value is -0.790. The van der Waals surface area contributed by atoms with Gasteiger partial charge in [-0.25, -0.2) is 13.1 Å². The van der Waals surface area contributed by atoms with Crippen LogP contribution >= 0.6 is 11.8 Å². The van der Waals surface area contributed by atoms with Crippen LogP contribution in [0.4, 0.5) is 5.69 Å². The van der Waals surface area contributed by atoms with Crippen LogP contribution in [0.15, 0.2) is 23.4 Å². The van der Waals surface area contributed by atoms with E-state index in [9.17, 15) is 8.42 Å². The first kappa shape index (κ1) is 15.6. The molecule has 1 aliphatic rings. The number of hydrogen-bond donors (Lipinski definition) is 2. The van der Waals surface area contributed by atoms with Crippen molar-refractivity contribution in [2.24, 2.45) is 0 Å². The maximum absolute atomic E-state index is 12.5. The molecular formula is C13H21N3O2S2. The Kier molecular flexibility index (Phi) is 5.29. The van der Waals surface area contributed by atoms with Crippen LogP contribution in [0.25, 0.3) is 0 Å². The van der Waals surface area contributed by atoms with Crippen LogP contribution in [0.3, 0.4) is 0 Å². The van der Waals surface area contributed by atoms with Gasteiger partial charge in [-0.15, -0.1) is 0 Å². The van der Waals surface area contributed by atoms with Gasteiger partial charge in [0.2, 0.25) is 10.0 Å². The molecule has 0 bridgehead atoms. The number of pyridine rings is 1. The van der Waals surface area contributed by atoms with Crippen molar-refractivity contribution in [3.8, 4) is 0 Å². The summed E-state index contributed by atoms with van der Waals surface area (Å²) in [5, 5.41) is 3.25. The van der Waals surface area contributed by atoms with Crippen molar-refractivity contribution in [1.29, 1.82) is 0 Å². The van der Waals surface area contributed by atoms with Crippen LogP contribution in [-0.2, 0) is 10.0 Å². The van der Waals surface area contributed by atoms with Crippen molar-refractivity contribution in [2.75, 3.05) is 18.6 Å². The van der Waals surface area contributed by atoms with Gasteiger partial charge in [0.25, 0.3) is 0 Å². The van der Waals surface area contributed by atoms with Gasteiger partial charge in [0.1, 0.15) is 4.90 Å². The molecule has 5 nitrogen and oxygen atoms in total. The van der Waals surface area contributed by atoms with E-state index in [-0.39, 0.29) is 10.9 Å². The molecule has 0 saturated heterocycles. The van der Waals surface area contributed by atoms with Crippen molar-refractivity contribution < 1.29 is 8.42 Å². The Labute approximate surface area is 125 Å². The predicted octanol–water partition coefficient (Wildman–Crippen LogP) is 2.08. The standard InChI is InChI=1S/C13H21N3O2S2/c1-14-11-7-8-15-9-13(11)20(17,18)16-10-5-3-4-6-12(10)19-2/h7-10,12,16H,3-6H2,1-2H3,(H,14,15). The molecule has 2 rings (SSSR count). The van der Waals surface area contributed by atoms with Gasteiger partial charge in [-0.1, -0.05) is 12.8 Å². The summed E-state index contributed by atoms with van der Waals surface area (Å²) in [6.45, 7) is 0. The third-order valence-electron chi connectivity index (χ3n) is 3.66. The molecule has 2 N–H and O–H groups in total. The van der Waals surface area contributed by atoms with E-state index in [1.807, 2.05) is 6.26 Å². The molecule has 0 aliphatic heterocycles. The van der Waals surface area contributed by atoms with Gasteiger partial charge in [-0.05, 0) is 25.2 Å². The molecule has 0 aromatic carbocycles. The van der Waals surface area contributed by atoms with Crippen LogP contribution < -0.4 is 10.0 Å². The summed E-state index contributed by atoms with van der Waals surface area (Å²) in [5.41, 5.74) is 0.573. The number of thioether (sulfide) groups is 1. The highest BCUT2D eigenvalue weighted by Crippen LogP contribution is 2.29. The first-order chi connectivity index (χ1) is 9.58. The molecular weight excluding hydrogens is 294 g/mol. The Morgan fingerprint density at radius 3 is 2.80 bits per heavy atom. The maximum Gasteiger partial charge on any atom is 0.244 e. The Balaban J connectivity index is 2.22. The zero-order valence-corrected chi connectivity index (χ0v) is 13.4. The number of aromatic nitrogens is 1. The van der Waals surface area contributed by atoms with Gasteiger partial charge >= 0.3 is 0 Å². The number of rotatable bonds is 5. The molecule has 1 aliphatic carbocycles. The lowest BCUT2D eigenvalue weighted by molar-refractivity contribution is 0.423. The smallest absolute Gasteiger partial charge is 0.244 e. The fourth-order valence-electron chi connectivity index (χ4n) is 2.58. The third kappa shape index (κ3) is 3.45. The van der Waals surface area contributed by atoms with E-state index < -0.39 is 10.0 Å². The second-order valence-corrected chi connectivity index (χ2v) is 7.67. The topological polar surface area (TPSA) is 71.1 Å². The van der Waals surface area contributed by atoms with Gasteiger partial charge in [0.15, 0.2) is 0 Å². The largest absolute Gasteiger partial charge is 0.387 e. The molecule has 0 amide bonds. The third-order valence-corrected chi connectivity index (χ3v) is 6.34. The Morgan fingerprint density at radius 1 is 1.35 bits per heavy atom. The summed E-state index contributed by atoms with van der Waals surface area (Å²) in [7, 11) is -1.83. The summed E-state index contributed by atoms with van der Waals surface area (Å²) in [6, 6.07) is 1.68. The molecule has 1 aromatic rings. The molecule has 1 aromatic heterocycles. The lowest BCUT2D eigenvalue weighted by atomic mass is 9.96. The second-order valence-electron chi connectivity index (χ2n) is 4.91. The number of anilines is 1. The minimum atomic E-state index is -3.53.